The summed E-state index contributed by atoms with van der Waals surface area (Å²) in [6, 6.07) is 3.33. The van der Waals surface area contributed by atoms with E-state index in [1.807, 2.05) is 0 Å². The van der Waals surface area contributed by atoms with E-state index in [1.165, 1.54) is 19.2 Å². The maximum atomic E-state index is 13.8. The molecule has 4 nitrogen and oxygen atoms in total. The second kappa shape index (κ2) is 7.76. The topological polar surface area (TPSA) is 19.0 Å². The summed E-state index contributed by atoms with van der Waals surface area (Å²) in [5, 5.41) is 0. The summed E-state index contributed by atoms with van der Waals surface area (Å²) in [4.78, 5) is 7.34. The van der Waals surface area contributed by atoms with E-state index >= 15 is 0 Å². The van der Waals surface area contributed by atoms with Gasteiger partial charge in [0.25, 0.3) is 0 Å². The Morgan fingerprint density at radius 3 is 2.29 bits per heavy atom. The molecule has 1 aromatic carbocycles. The molecular weight excluding hydrogens is 312 g/mol. The number of likely N-dealkylation sites (N-methyl/N-ethyl adjacent to an activating group) is 1. The van der Waals surface area contributed by atoms with Crippen molar-refractivity contribution in [3.8, 4) is 5.75 Å². The van der Waals surface area contributed by atoms with Crippen LogP contribution in [0, 0.1) is 11.6 Å². The number of piperazine rings is 1. The highest BCUT2D eigenvalue weighted by atomic mass is 19.1. The number of rotatable bonds is 5. The summed E-state index contributed by atoms with van der Waals surface area (Å²) in [5.74, 6) is -1.55. The van der Waals surface area contributed by atoms with Crippen molar-refractivity contribution in [1.29, 1.82) is 0 Å². The molecule has 0 aromatic heterocycles. The Labute approximate surface area is 143 Å². The van der Waals surface area contributed by atoms with Crippen LogP contribution in [0.25, 0.3) is 0 Å². The second-order valence-corrected chi connectivity index (χ2v) is 6.74. The SMILES string of the molecule is CCN1CCN(C2CCN(Cc3cc(F)c(OC)c(F)c3)C2)CC1. The van der Waals surface area contributed by atoms with Crippen molar-refractivity contribution in [2.75, 3.05) is 52.9 Å². The van der Waals surface area contributed by atoms with E-state index in [0.29, 0.717) is 18.2 Å². The molecule has 2 heterocycles. The zero-order valence-corrected chi connectivity index (χ0v) is 14.6. The molecule has 0 amide bonds. The Morgan fingerprint density at radius 1 is 1.04 bits per heavy atom. The molecule has 0 aliphatic carbocycles. The number of nitrogens with zero attached hydrogens (tertiary/aromatic N) is 3. The fourth-order valence-corrected chi connectivity index (χ4v) is 3.86. The van der Waals surface area contributed by atoms with Crippen LogP contribution in [0.15, 0.2) is 12.1 Å². The predicted molar refractivity (Wildman–Crippen MR) is 90.3 cm³/mol. The Morgan fingerprint density at radius 2 is 1.71 bits per heavy atom. The minimum atomic E-state index is -0.626. The van der Waals surface area contributed by atoms with E-state index in [1.54, 1.807) is 0 Å². The van der Waals surface area contributed by atoms with E-state index < -0.39 is 11.6 Å². The first kappa shape index (κ1) is 17.6. The van der Waals surface area contributed by atoms with Crippen LogP contribution in [-0.4, -0.2) is 73.7 Å². The molecule has 0 spiro atoms. The predicted octanol–water partition coefficient (Wildman–Crippen LogP) is 2.19. The zero-order chi connectivity index (χ0) is 17.1. The lowest BCUT2D eigenvalue weighted by Gasteiger charge is -2.37. The van der Waals surface area contributed by atoms with Crippen molar-refractivity contribution >= 4 is 0 Å². The third kappa shape index (κ3) is 3.87. The molecule has 1 atom stereocenters. The van der Waals surface area contributed by atoms with Gasteiger partial charge in [0, 0.05) is 51.9 Å². The molecule has 24 heavy (non-hydrogen) atoms. The minimum absolute atomic E-state index is 0.299. The van der Waals surface area contributed by atoms with Gasteiger partial charge in [0.05, 0.1) is 7.11 Å². The third-order valence-electron chi connectivity index (χ3n) is 5.29. The smallest absolute Gasteiger partial charge is 0.190 e. The highest BCUT2D eigenvalue weighted by Crippen LogP contribution is 2.25. The normalized spacial score (nSPS) is 23.8. The van der Waals surface area contributed by atoms with Crippen LogP contribution in [0.1, 0.15) is 18.9 Å². The number of hydrogen-bond donors (Lipinski definition) is 0. The van der Waals surface area contributed by atoms with Gasteiger partial charge in [0.15, 0.2) is 17.4 Å². The number of hydrogen-bond acceptors (Lipinski definition) is 4. The van der Waals surface area contributed by atoms with E-state index in [9.17, 15) is 8.78 Å². The number of benzene rings is 1. The molecule has 0 radical (unpaired) electrons. The van der Waals surface area contributed by atoms with Gasteiger partial charge in [0.1, 0.15) is 0 Å². The third-order valence-corrected chi connectivity index (χ3v) is 5.29. The number of methoxy groups -OCH3 is 1. The van der Waals surface area contributed by atoms with Crippen LogP contribution in [0.5, 0.6) is 5.75 Å². The molecule has 134 valence electrons. The molecule has 2 aliphatic heterocycles. The summed E-state index contributed by atoms with van der Waals surface area (Å²) in [7, 11) is 1.28. The maximum absolute atomic E-state index is 13.8. The molecule has 2 aliphatic rings. The Bertz CT molecular complexity index is 538. The molecule has 2 fully saturated rings. The van der Waals surface area contributed by atoms with Gasteiger partial charge in [-0.05, 0) is 30.7 Å². The van der Waals surface area contributed by atoms with Crippen LogP contribution >= 0.6 is 0 Å². The standard InChI is InChI=1S/C18H27F2N3O/c1-3-21-6-8-23(9-7-21)15-4-5-22(13-15)12-14-10-16(19)18(24-2)17(20)11-14/h10-11,15H,3-9,12-13H2,1-2H3. The van der Waals surface area contributed by atoms with Crippen molar-refractivity contribution in [2.24, 2.45) is 0 Å². The average molecular weight is 339 g/mol. The molecule has 6 heteroatoms. The minimum Gasteiger partial charge on any atom is -0.491 e. The molecule has 0 bridgehead atoms. The number of likely N-dealkylation sites (tertiary alicyclic amines) is 1. The van der Waals surface area contributed by atoms with Crippen molar-refractivity contribution in [3.63, 3.8) is 0 Å². The summed E-state index contributed by atoms with van der Waals surface area (Å²) in [6.45, 7) is 10.4. The van der Waals surface area contributed by atoms with Gasteiger partial charge in [-0.2, -0.15) is 0 Å². The first-order chi connectivity index (χ1) is 11.6. The van der Waals surface area contributed by atoms with Gasteiger partial charge in [-0.1, -0.05) is 6.92 Å². The van der Waals surface area contributed by atoms with Crippen LogP contribution in [-0.2, 0) is 6.54 Å². The van der Waals surface area contributed by atoms with Gasteiger partial charge in [-0.3, -0.25) is 9.80 Å². The molecule has 3 rings (SSSR count). The average Bonchev–Trinajstić information content (AvgIpc) is 3.03. The fraction of sp³-hybridized carbons (Fsp3) is 0.667. The summed E-state index contributed by atoms with van der Waals surface area (Å²) in [5.41, 5.74) is 0.669. The largest absolute Gasteiger partial charge is 0.491 e. The van der Waals surface area contributed by atoms with Crippen LogP contribution in [0.3, 0.4) is 0 Å². The maximum Gasteiger partial charge on any atom is 0.190 e. The van der Waals surface area contributed by atoms with Gasteiger partial charge in [-0.15, -0.1) is 0 Å². The molecule has 2 saturated heterocycles. The number of halogens is 2. The van der Waals surface area contributed by atoms with E-state index in [-0.39, 0.29) is 5.75 Å². The second-order valence-electron chi connectivity index (χ2n) is 6.74. The van der Waals surface area contributed by atoms with Crippen LogP contribution < -0.4 is 4.74 Å². The van der Waals surface area contributed by atoms with Crippen molar-refractivity contribution < 1.29 is 13.5 Å². The molecule has 0 saturated carbocycles. The van der Waals surface area contributed by atoms with Crippen LogP contribution in [0.2, 0.25) is 0 Å². The Hall–Kier alpha value is -1.24. The lowest BCUT2D eigenvalue weighted by atomic mass is 10.2. The van der Waals surface area contributed by atoms with Gasteiger partial charge >= 0.3 is 0 Å². The molecule has 1 unspecified atom stereocenters. The van der Waals surface area contributed by atoms with E-state index in [0.717, 1.165) is 52.2 Å². The van der Waals surface area contributed by atoms with Crippen LogP contribution in [0.4, 0.5) is 8.78 Å². The Kier molecular flexibility index (Phi) is 5.69. The van der Waals surface area contributed by atoms with Crippen molar-refractivity contribution in [2.45, 2.75) is 25.9 Å². The first-order valence-electron chi connectivity index (χ1n) is 8.81. The van der Waals surface area contributed by atoms with Gasteiger partial charge in [0.2, 0.25) is 0 Å². The molecular formula is C18H27F2N3O. The number of ether oxygens (including phenoxy) is 1. The van der Waals surface area contributed by atoms with E-state index in [2.05, 4.69) is 21.6 Å². The lowest BCUT2D eigenvalue weighted by molar-refractivity contribution is 0.101. The summed E-state index contributed by atoms with van der Waals surface area (Å²) < 4.78 is 32.4. The molecule has 0 N–H and O–H groups in total. The highest BCUT2D eigenvalue weighted by Gasteiger charge is 2.29. The van der Waals surface area contributed by atoms with Crippen molar-refractivity contribution in [3.05, 3.63) is 29.3 Å². The molecule has 1 aromatic rings. The summed E-state index contributed by atoms with van der Waals surface area (Å²) >= 11 is 0. The Balaban J connectivity index is 1.55. The van der Waals surface area contributed by atoms with Crippen molar-refractivity contribution in [1.82, 2.24) is 14.7 Å². The summed E-state index contributed by atoms with van der Waals surface area (Å²) in [6.07, 6.45) is 1.13. The van der Waals surface area contributed by atoms with Gasteiger partial charge < -0.3 is 9.64 Å². The van der Waals surface area contributed by atoms with Gasteiger partial charge in [-0.25, -0.2) is 8.78 Å². The van der Waals surface area contributed by atoms with E-state index in [4.69, 9.17) is 4.74 Å². The fourth-order valence-electron chi connectivity index (χ4n) is 3.86. The quantitative estimate of drug-likeness (QED) is 0.818. The monoisotopic (exact) mass is 339 g/mol. The zero-order valence-electron chi connectivity index (χ0n) is 14.6. The lowest BCUT2D eigenvalue weighted by Crippen LogP contribution is -2.50. The highest BCUT2D eigenvalue weighted by molar-refractivity contribution is 5.31. The first-order valence-corrected chi connectivity index (χ1v) is 8.81.